The minimum Gasteiger partial charge on any atom is -0.472 e. The van der Waals surface area contributed by atoms with Gasteiger partial charge in [0.05, 0.1) is 25.6 Å². The van der Waals surface area contributed by atoms with Crippen LogP contribution >= 0.6 is 0 Å². The van der Waals surface area contributed by atoms with Gasteiger partial charge in [0.25, 0.3) is 0 Å². The second kappa shape index (κ2) is 3.70. The van der Waals surface area contributed by atoms with E-state index in [0.29, 0.717) is 6.54 Å². The summed E-state index contributed by atoms with van der Waals surface area (Å²) in [5, 5.41) is 3.22. The number of nitrogens with one attached hydrogen (secondary N) is 1. The van der Waals surface area contributed by atoms with Gasteiger partial charge >= 0.3 is 5.97 Å². The van der Waals surface area contributed by atoms with Gasteiger partial charge < -0.3 is 14.5 Å². The van der Waals surface area contributed by atoms with E-state index in [-0.39, 0.29) is 17.3 Å². The molecular formula is C11H15NO3. The molecule has 0 aromatic carbocycles. The van der Waals surface area contributed by atoms with E-state index in [9.17, 15) is 4.79 Å². The number of rotatable bonds is 2. The van der Waals surface area contributed by atoms with E-state index in [1.807, 2.05) is 6.07 Å². The largest absolute Gasteiger partial charge is 0.472 e. The topological polar surface area (TPSA) is 51.5 Å². The van der Waals surface area contributed by atoms with Gasteiger partial charge in [-0.1, -0.05) is 6.92 Å². The van der Waals surface area contributed by atoms with Crippen LogP contribution in [0.5, 0.6) is 0 Å². The number of hydrogen-bond acceptors (Lipinski definition) is 4. The van der Waals surface area contributed by atoms with Crippen LogP contribution < -0.4 is 5.32 Å². The molecule has 0 radical (unpaired) electrons. The molecule has 4 heteroatoms. The molecule has 2 rings (SSSR count). The molecule has 0 amide bonds. The van der Waals surface area contributed by atoms with Crippen molar-refractivity contribution < 1.29 is 13.9 Å². The fraction of sp³-hybridized carbons (Fsp3) is 0.545. The zero-order valence-corrected chi connectivity index (χ0v) is 8.95. The molecule has 1 N–H and O–H groups in total. The molecule has 0 bridgehead atoms. The highest BCUT2D eigenvalue weighted by Gasteiger charge is 2.45. The number of carbonyl (C=O) groups is 1. The SMILES string of the molecule is COC(=O)C1CNCC1(C)c1ccoc1. The summed E-state index contributed by atoms with van der Waals surface area (Å²) >= 11 is 0. The third-order valence-corrected chi connectivity index (χ3v) is 3.28. The molecule has 2 heterocycles. The molecular weight excluding hydrogens is 194 g/mol. The van der Waals surface area contributed by atoms with E-state index >= 15 is 0 Å². The Balaban J connectivity index is 2.30. The lowest BCUT2D eigenvalue weighted by Gasteiger charge is -2.27. The van der Waals surface area contributed by atoms with Gasteiger partial charge in [0.15, 0.2) is 0 Å². The van der Waals surface area contributed by atoms with Gasteiger partial charge in [0.2, 0.25) is 0 Å². The zero-order chi connectivity index (χ0) is 10.9. The smallest absolute Gasteiger partial charge is 0.310 e. The third-order valence-electron chi connectivity index (χ3n) is 3.28. The predicted octanol–water partition coefficient (Wildman–Crippen LogP) is 0.930. The number of furan rings is 1. The number of hydrogen-bond donors (Lipinski definition) is 1. The highest BCUT2D eigenvalue weighted by atomic mass is 16.5. The van der Waals surface area contributed by atoms with E-state index in [1.54, 1.807) is 12.5 Å². The van der Waals surface area contributed by atoms with Crippen molar-refractivity contribution in [3.05, 3.63) is 24.2 Å². The van der Waals surface area contributed by atoms with Crippen molar-refractivity contribution in [2.75, 3.05) is 20.2 Å². The molecule has 0 aliphatic carbocycles. The van der Waals surface area contributed by atoms with Gasteiger partial charge in [-0.25, -0.2) is 0 Å². The minimum absolute atomic E-state index is 0.139. The number of esters is 1. The van der Waals surface area contributed by atoms with E-state index in [0.717, 1.165) is 12.1 Å². The molecule has 82 valence electrons. The Bertz CT molecular complexity index is 347. The molecule has 15 heavy (non-hydrogen) atoms. The van der Waals surface area contributed by atoms with E-state index in [2.05, 4.69) is 12.2 Å². The molecule has 1 aromatic rings. The van der Waals surface area contributed by atoms with Crippen molar-refractivity contribution >= 4 is 5.97 Å². The average Bonchev–Trinajstić information content (AvgIpc) is 2.85. The molecule has 0 saturated carbocycles. The first-order valence-corrected chi connectivity index (χ1v) is 4.99. The maximum absolute atomic E-state index is 11.6. The number of ether oxygens (including phenoxy) is 1. The molecule has 1 aliphatic heterocycles. The lowest BCUT2D eigenvalue weighted by Crippen LogP contribution is -2.36. The van der Waals surface area contributed by atoms with Crippen molar-refractivity contribution in [3.8, 4) is 0 Å². The summed E-state index contributed by atoms with van der Waals surface area (Å²) < 4.78 is 9.89. The van der Waals surface area contributed by atoms with Gasteiger partial charge in [0.1, 0.15) is 0 Å². The summed E-state index contributed by atoms with van der Waals surface area (Å²) in [5.74, 6) is -0.302. The lowest BCUT2D eigenvalue weighted by molar-refractivity contribution is -0.146. The second-order valence-electron chi connectivity index (χ2n) is 4.14. The summed E-state index contributed by atoms with van der Waals surface area (Å²) in [6, 6.07) is 1.91. The molecule has 2 atom stereocenters. The summed E-state index contributed by atoms with van der Waals surface area (Å²) in [5.41, 5.74) is 0.822. The number of methoxy groups -OCH3 is 1. The van der Waals surface area contributed by atoms with Gasteiger partial charge in [0, 0.05) is 18.5 Å². The minimum atomic E-state index is -0.222. The predicted molar refractivity (Wildman–Crippen MR) is 54.4 cm³/mol. The van der Waals surface area contributed by atoms with Crippen molar-refractivity contribution in [2.45, 2.75) is 12.3 Å². The van der Waals surface area contributed by atoms with Crippen LogP contribution in [0.2, 0.25) is 0 Å². The summed E-state index contributed by atoms with van der Waals surface area (Å²) in [6.45, 7) is 3.49. The standard InChI is InChI=1S/C11H15NO3/c1-11(8-3-4-15-6-8)7-12-5-9(11)10(13)14-2/h3-4,6,9,12H,5,7H2,1-2H3. The summed E-state index contributed by atoms with van der Waals surface area (Å²) in [6.07, 6.45) is 3.33. The highest BCUT2D eigenvalue weighted by Crippen LogP contribution is 2.36. The molecule has 1 saturated heterocycles. The Morgan fingerprint density at radius 3 is 3.13 bits per heavy atom. The van der Waals surface area contributed by atoms with E-state index in [4.69, 9.17) is 9.15 Å². The average molecular weight is 209 g/mol. The first kappa shape index (κ1) is 10.2. The second-order valence-corrected chi connectivity index (χ2v) is 4.14. The molecule has 4 nitrogen and oxygen atoms in total. The van der Waals surface area contributed by atoms with Gasteiger partial charge in [-0.2, -0.15) is 0 Å². The Hall–Kier alpha value is -1.29. The van der Waals surface area contributed by atoms with Crippen LogP contribution in [-0.2, 0) is 14.9 Å². The highest BCUT2D eigenvalue weighted by molar-refractivity contribution is 5.75. The van der Waals surface area contributed by atoms with E-state index < -0.39 is 0 Å². The quantitative estimate of drug-likeness (QED) is 0.736. The normalized spacial score (nSPS) is 30.4. The maximum Gasteiger partial charge on any atom is 0.310 e. The first-order chi connectivity index (χ1) is 7.18. The lowest BCUT2D eigenvalue weighted by atomic mass is 9.75. The first-order valence-electron chi connectivity index (χ1n) is 4.99. The van der Waals surface area contributed by atoms with Crippen LogP contribution in [-0.4, -0.2) is 26.2 Å². The van der Waals surface area contributed by atoms with Crippen LogP contribution in [0, 0.1) is 5.92 Å². The molecule has 0 spiro atoms. The molecule has 2 unspecified atom stereocenters. The van der Waals surface area contributed by atoms with Crippen molar-refractivity contribution in [2.24, 2.45) is 5.92 Å². The Kier molecular flexibility index (Phi) is 2.52. The van der Waals surface area contributed by atoms with Crippen LogP contribution in [0.15, 0.2) is 23.0 Å². The number of carbonyl (C=O) groups excluding carboxylic acids is 1. The summed E-state index contributed by atoms with van der Waals surface area (Å²) in [7, 11) is 1.43. The Labute approximate surface area is 88.6 Å². The van der Waals surface area contributed by atoms with E-state index in [1.165, 1.54) is 7.11 Å². The van der Waals surface area contributed by atoms with Gasteiger partial charge in [-0.3, -0.25) is 4.79 Å². The fourth-order valence-electron chi connectivity index (χ4n) is 2.20. The van der Waals surface area contributed by atoms with Crippen LogP contribution in [0.3, 0.4) is 0 Å². The molecule has 1 fully saturated rings. The summed E-state index contributed by atoms with van der Waals surface area (Å²) in [4.78, 5) is 11.6. The van der Waals surface area contributed by atoms with Crippen molar-refractivity contribution in [1.82, 2.24) is 5.32 Å². The van der Waals surface area contributed by atoms with Crippen molar-refractivity contribution in [1.29, 1.82) is 0 Å². The Morgan fingerprint density at radius 2 is 2.53 bits per heavy atom. The molecule has 1 aromatic heterocycles. The van der Waals surface area contributed by atoms with Gasteiger partial charge in [-0.15, -0.1) is 0 Å². The monoisotopic (exact) mass is 209 g/mol. The third kappa shape index (κ3) is 1.55. The van der Waals surface area contributed by atoms with Crippen LogP contribution in [0.4, 0.5) is 0 Å². The zero-order valence-electron chi connectivity index (χ0n) is 8.95. The molecule has 1 aliphatic rings. The Morgan fingerprint density at radius 1 is 1.73 bits per heavy atom. The van der Waals surface area contributed by atoms with Crippen LogP contribution in [0.25, 0.3) is 0 Å². The fourth-order valence-corrected chi connectivity index (χ4v) is 2.20. The van der Waals surface area contributed by atoms with Gasteiger partial charge in [-0.05, 0) is 11.6 Å². The van der Waals surface area contributed by atoms with Crippen molar-refractivity contribution in [3.63, 3.8) is 0 Å². The maximum atomic E-state index is 11.6. The van der Waals surface area contributed by atoms with Crippen LogP contribution in [0.1, 0.15) is 12.5 Å².